The van der Waals surface area contributed by atoms with Crippen molar-refractivity contribution < 1.29 is 4.74 Å². The number of rotatable bonds is 9. The summed E-state index contributed by atoms with van der Waals surface area (Å²) in [6.45, 7) is 3.19. The van der Waals surface area contributed by atoms with E-state index in [1.807, 2.05) is 42.5 Å². The molecular formula is C19H26Cl4N2O. The molecule has 7 heteroatoms. The zero-order valence-corrected chi connectivity index (χ0v) is 18.1. The van der Waals surface area contributed by atoms with Crippen molar-refractivity contribution in [3.8, 4) is 5.75 Å². The molecular weight excluding hydrogens is 414 g/mol. The second-order valence-corrected chi connectivity index (χ2v) is 6.81. The third kappa shape index (κ3) is 8.81. The Kier molecular flexibility index (Phi) is 13.1. The Labute approximate surface area is 178 Å². The van der Waals surface area contributed by atoms with E-state index in [9.17, 15) is 0 Å². The van der Waals surface area contributed by atoms with Gasteiger partial charge in [0, 0.05) is 27.7 Å². The molecule has 0 heterocycles. The Morgan fingerprint density at radius 2 is 1.73 bits per heavy atom. The molecule has 0 amide bonds. The second kappa shape index (κ2) is 13.5. The Bertz CT molecular complexity index is 653. The molecule has 0 radical (unpaired) electrons. The molecule has 0 saturated carbocycles. The van der Waals surface area contributed by atoms with Gasteiger partial charge in [-0.1, -0.05) is 41.4 Å². The molecule has 2 aromatic rings. The number of hydrogen-bond acceptors (Lipinski definition) is 3. The minimum atomic E-state index is 0. The third-order valence-corrected chi connectivity index (χ3v) is 4.24. The first-order valence-corrected chi connectivity index (χ1v) is 8.82. The van der Waals surface area contributed by atoms with Crippen LogP contribution in [0.5, 0.6) is 5.75 Å². The fourth-order valence-corrected chi connectivity index (χ4v) is 2.73. The summed E-state index contributed by atoms with van der Waals surface area (Å²) in [5.74, 6) is 0.833. The molecule has 0 aliphatic carbocycles. The van der Waals surface area contributed by atoms with Crippen LogP contribution in [0, 0.1) is 0 Å². The summed E-state index contributed by atoms with van der Waals surface area (Å²) in [5.41, 5.74) is 2.03. The lowest BCUT2D eigenvalue weighted by molar-refractivity contribution is 0.302. The molecule has 0 fully saturated rings. The standard InChI is InChI=1S/C19H24Cl2N2O.2ClH/c1-23(2)11-5-10-22-13-16-12-17(20)8-9-19(16)24-14-15-6-3-4-7-18(15)21;;/h3-4,6-9,12,22H,5,10-11,13-14H2,1-2H3;2*1H. The van der Waals surface area contributed by atoms with Gasteiger partial charge in [0.15, 0.2) is 0 Å². The number of ether oxygens (including phenoxy) is 1. The topological polar surface area (TPSA) is 24.5 Å². The zero-order chi connectivity index (χ0) is 17.4. The van der Waals surface area contributed by atoms with Crippen molar-refractivity contribution in [3.05, 3.63) is 63.6 Å². The molecule has 2 rings (SSSR count). The Morgan fingerprint density at radius 3 is 2.42 bits per heavy atom. The van der Waals surface area contributed by atoms with Gasteiger partial charge in [-0.2, -0.15) is 0 Å². The van der Waals surface area contributed by atoms with Crippen molar-refractivity contribution in [2.75, 3.05) is 27.2 Å². The lowest BCUT2D eigenvalue weighted by atomic mass is 10.2. The first-order valence-electron chi connectivity index (χ1n) is 8.06. The Balaban J connectivity index is 0.00000312. The second-order valence-electron chi connectivity index (χ2n) is 5.97. The molecule has 1 N–H and O–H groups in total. The molecule has 2 aromatic carbocycles. The number of nitrogens with zero attached hydrogens (tertiary/aromatic N) is 1. The van der Waals surface area contributed by atoms with Gasteiger partial charge in [-0.15, -0.1) is 24.8 Å². The van der Waals surface area contributed by atoms with Crippen LogP contribution in [0.1, 0.15) is 17.5 Å². The summed E-state index contributed by atoms with van der Waals surface area (Å²) in [5, 5.41) is 4.87. The SMILES string of the molecule is CN(C)CCCNCc1cc(Cl)ccc1OCc1ccccc1Cl.Cl.Cl. The van der Waals surface area contributed by atoms with Gasteiger partial charge in [0.2, 0.25) is 0 Å². The van der Waals surface area contributed by atoms with Crippen LogP contribution in [0.25, 0.3) is 0 Å². The molecule has 0 aromatic heterocycles. The molecule has 0 aliphatic rings. The first kappa shape index (κ1) is 25.3. The summed E-state index contributed by atoms with van der Waals surface area (Å²) < 4.78 is 5.96. The van der Waals surface area contributed by atoms with Gasteiger partial charge in [0.1, 0.15) is 12.4 Å². The molecule has 26 heavy (non-hydrogen) atoms. The van der Waals surface area contributed by atoms with E-state index in [2.05, 4.69) is 24.3 Å². The van der Waals surface area contributed by atoms with Crippen LogP contribution in [0.2, 0.25) is 10.0 Å². The molecule has 0 aliphatic heterocycles. The van der Waals surface area contributed by atoms with Crippen LogP contribution in [-0.2, 0) is 13.2 Å². The fourth-order valence-electron chi connectivity index (χ4n) is 2.34. The number of hydrogen-bond donors (Lipinski definition) is 1. The maximum absolute atomic E-state index is 6.18. The normalized spacial score (nSPS) is 10.2. The van der Waals surface area contributed by atoms with Crippen LogP contribution in [0.4, 0.5) is 0 Å². The molecule has 3 nitrogen and oxygen atoms in total. The van der Waals surface area contributed by atoms with Crippen molar-refractivity contribution >= 4 is 48.0 Å². The lowest BCUT2D eigenvalue weighted by Crippen LogP contribution is -2.21. The van der Waals surface area contributed by atoms with Crippen LogP contribution >= 0.6 is 48.0 Å². The van der Waals surface area contributed by atoms with E-state index in [4.69, 9.17) is 27.9 Å². The van der Waals surface area contributed by atoms with Gasteiger partial charge in [-0.25, -0.2) is 0 Å². The van der Waals surface area contributed by atoms with E-state index < -0.39 is 0 Å². The maximum atomic E-state index is 6.18. The molecule has 0 spiro atoms. The molecule has 0 unspecified atom stereocenters. The monoisotopic (exact) mass is 438 g/mol. The minimum Gasteiger partial charge on any atom is -0.489 e. The summed E-state index contributed by atoms with van der Waals surface area (Å²) in [4.78, 5) is 2.18. The average molecular weight is 440 g/mol. The van der Waals surface area contributed by atoms with Gasteiger partial charge in [-0.05, 0) is 57.9 Å². The largest absolute Gasteiger partial charge is 0.489 e. The van der Waals surface area contributed by atoms with Crippen molar-refractivity contribution in [3.63, 3.8) is 0 Å². The van der Waals surface area contributed by atoms with E-state index in [1.165, 1.54) is 0 Å². The Morgan fingerprint density at radius 1 is 1.00 bits per heavy atom. The lowest BCUT2D eigenvalue weighted by Gasteiger charge is -2.14. The van der Waals surface area contributed by atoms with Crippen molar-refractivity contribution in [1.29, 1.82) is 0 Å². The molecule has 0 bridgehead atoms. The zero-order valence-electron chi connectivity index (χ0n) is 15.0. The number of halogens is 4. The quantitative estimate of drug-likeness (QED) is 0.525. The summed E-state index contributed by atoms with van der Waals surface area (Å²) >= 11 is 12.3. The maximum Gasteiger partial charge on any atom is 0.124 e. The third-order valence-electron chi connectivity index (χ3n) is 3.64. The molecule has 0 atom stereocenters. The Hall–Kier alpha value is -0.680. The van der Waals surface area contributed by atoms with Crippen molar-refractivity contribution in [1.82, 2.24) is 10.2 Å². The smallest absolute Gasteiger partial charge is 0.124 e. The summed E-state index contributed by atoms with van der Waals surface area (Å²) in [7, 11) is 4.16. The molecule has 146 valence electrons. The van der Waals surface area contributed by atoms with Gasteiger partial charge < -0.3 is 15.0 Å². The van der Waals surface area contributed by atoms with Crippen molar-refractivity contribution in [2.45, 2.75) is 19.6 Å². The van der Waals surface area contributed by atoms with E-state index in [-0.39, 0.29) is 24.8 Å². The van der Waals surface area contributed by atoms with Crippen LogP contribution in [-0.4, -0.2) is 32.1 Å². The van der Waals surface area contributed by atoms with Crippen molar-refractivity contribution in [2.24, 2.45) is 0 Å². The van der Waals surface area contributed by atoms with E-state index in [0.29, 0.717) is 11.6 Å². The summed E-state index contributed by atoms with van der Waals surface area (Å²) in [6.07, 6.45) is 1.10. The average Bonchev–Trinajstić information content (AvgIpc) is 2.55. The van der Waals surface area contributed by atoms with Gasteiger partial charge >= 0.3 is 0 Å². The minimum absolute atomic E-state index is 0. The van der Waals surface area contributed by atoms with Crippen LogP contribution < -0.4 is 10.1 Å². The highest BCUT2D eigenvalue weighted by molar-refractivity contribution is 6.31. The van der Waals surface area contributed by atoms with Gasteiger partial charge in [0.05, 0.1) is 0 Å². The first-order chi connectivity index (χ1) is 11.6. The highest BCUT2D eigenvalue weighted by Crippen LogP contribution is 2.25. The predicted octanol–water partition coefficient (Wildman–Crippen LogP) is 5.46. The van der Waals surface area contributed by atoms with E-state index in [0.717, 1.165) is 48.0 Å². The highest BCUT2D eigenvalue weighted by Gasteiger charge is 2.07. The van der Waals surface area contributed by atoms with E-state index in [1.54, 1.807) is 0 Å². The highest BCUT2D eigenvalue weighted by atomic mass is 35.5. The van der Waals surface area contributed by atoms with Gasteiger partial charge in [0.25, 0.3) is 0 Å². The van der Waals surface area contributed by atoms with Gasteiger partial charge in [-0.3, -0.25) is 0 Å². The number of benzene rings is 2. The van der Waals surface area contributed by atoms with E-state index >= 15 is 0 Å². The fraction of sp³-hybridized carbons (Fsp3) is 0.368. The van der Waals surface area contributed by atoms with Crippen LogP contribution in [0.15, 0.2) is 42.5 Å². The molecule has 0 saturated heterocycles. The summed E-state index contributed by atoms with van der Waals surface area (Å²) in [6, 6.07) is 13.4. The van der Waals surface area contributed by atoms with Crippen LogP contribution in [0.3, 0.4) is 0 Å². The predicted molar refractivity (Wildman–Crippen MR) is 117 cm³/mol. The number of nitrogens with one attached hydrogen (secondary N) is 1.